The van der Waals surface area contributed by atoms with Gasteiger partial charge in [0.15, 0.2) is 11.2 Å². The Hall–Kier alpha value is -7.30. The molecule has 4 heteroatoms. The van der Waals surface area contributed by atoms with Crippen LogP contribution in [0.3, 0.4) is 0 Å². The third-order valence-electron chi connectivity index (χ3n) is 12.8. The van der Waals surface area contributed by atoms with Crippen molar-refractivity contribution in [1.29, 1.82) is 0 Å². The summed E-state index contributed by atoms with van der Waals surface area (Å²) in [6.45, 7) is 0. The van der Waals surface area contributed by atoms with Crippen LogP contribution >= 0.6 is 0 Å². The lowest BCUT2D eigenvalue weighted by Gasteiger charge is -2.33. The molecule has 0 bridgehead atoms. The minimum absolute atomic E-state index is 0.257. The minimum atomic E-state index is 0.257. The van der Waals surface area contributed by atoms with Gasteiger partial charge in [0.1, 0.15) is 11.2 Å². The molecule has 4 heterocycles. The first-order valence-electron chi connectivity index (χ1n) is 20.3. The molecule has 0 saturated carbocycles. The van der Waals surface area contributed by atoms with E-state index in [1.807, 2.05) is 6.07 Å². The maximum absolute atomic E-state index is 7.41. The van der Waals surface area contributed by atoms with Crippen molar-refractivity contribution in [3.63, 3.8) is 0 Å². The Bertz CT molecular complexity index is 3300. The van der Waals surface area contributed by atoms with Crippen molar-refractivity contribution in [2.75, 3.05) is 9.80 Å². The number of benzene rings is 7. The number of hydrogen-bond donors (Lipinski definition) is 0. The molecule has 9 aromatic rings. The Kier molecular flexibility index (Phi) is 6.65. The molecule has 274 valence electrons. The van der Waals surface area contributed by atoms with Crippen LogP contribution in [0.2, 0.25) is 0 Å². The second-order valence-corrected chi connectivity index (χ2v) is 15.8. The minimum Gasteiger partial charge on any atom is -0.454 e. The SMILES string of the molecule is C1=CC2c3cccc4c3N(C3=C(C=CCC3)c3ccc5c(oc6c(N(c7ccc(-c8ccccc8)cc7)c7cccc8c7oc7ccccc78)cccc65)c3-4)C2C=C1. The van der Waals surface area contributed by atoms with E-state index in [1.54, 1.807) is 0 Å². The van der Waals surface area contributed by atoms with Gasteiger partial charge in [0, 0.05) is 55.5 Å². The molecule has 0 fully saturated rings. The number of para-hydroxylation sites is 4. The van der Waals surface area contributed by atoms with Gasteiger partial charge in [-0.1, -0.05) is 146 Å². The summed E-state index contributed by atoms with van der Waals surface area (Å²) in [5.74, 6) is 0.311. The molecule has 58 heavy (non-hydrogen) atoms. The van der Waals surface area contributed by atoms with Crippen molar-refractivity contribution in [2.45, 2.75) is 24.8 Å². The Balaban J connectivity index is 1.08. The van der Waals surface area contributed by atoms with Crippen LogP contribution in [0, 0.1) is 0 Å². The topological polar surface area (TPSA) is 32.8 Å². The molecule has 2 aliphatic heterocycles. The highest BCUT2D eigenvalue weighted by atomic mass is 16.3. The molecule has 2 aromatic heterocycles. The average Bonchev–Trinajstić information content (AvgIpc) is 3.95. The van der Waals surface area contributed by atoms with Gasteiger partial charge in [0.25, 0.3) is 0 Å². The highest BCUT2D eigenvalue weighted by Gasteiger charge is 2.43. The fourth-order valence-corrected chi connectivity index (χ4v) is 10.3. The van der Waals surface area contributed by atoms with Gasteiger partial charge in [-0.2, -0.15) is 0 Å². The molecule has 4 nitrogen and oxygen atoms in total. The first kappa shape index (κ1) is 31.9. The molecule has 0 spiro atoms. The third-order valence-corrected chi connectivity index (χ3v) is 12.8. The van der Waals surface area contributed by atoms with E-state index in [0.29, 0.717) is 5.92 Å². The third kappa shape index (κ3) is 4.40. The lowest BCUT2D eigenvalue weighted by Crippen LogP contribution is -2.33. The zero-order valence-electron chi connectivity index (χ0n) is 31.6. The largest absolute Gasteiger partial charge is 0.454 e. The lowest BCUT2D eigenvalue weighted by atomic mass is 9.86. The number of fused-ring (bicyclic) bond motifs is 14. The van der Waals surface area contributed by atoms with Crippen LogP contribution in [-0.4, -0.2) is 6.04 Å². The van der Waals surface area contributed by atoms with Gasteiger partial charge in [-0.3, -0.25) is 0 Å². The van der Waals surface area contributed by atoms with Crippen molar-refractivity contribution >= 4 is 72.2 Å². The van der Waals surface area contributed by atoms with Gasteiger partial charge in [-0.05, 0) is 71.5 Å². The molecular weight excluding hydrogens is 709 g/mol. The van der Waals surface area contributed by atoms with Crippen LogP contribution in [0.1, 0.15) is 29.9 Å². The van der Waals surface area contributed by atoms with Crippen molar-refractivity contribution in [2.24, 2.45) is 0 Å². The van der Waals surface area contributed by atoms with E-state index < -0.39 is 0 Å². The predicted molar refractivity (Wildman–Crippen MR) is 239 cm³/mol. The fraction of sp³-hybridized carbons (Fsp3) is 0.0741. The van der Waals surface area contributed by atoms with Crippen LogP contribution in [0.15, 0.2) is 197 Å². The Labute approximate surface area is 335 Å². The number of anilines is 4. The van der Waals surface area contributed by atoms with Crippen molar-refractivity contribution in [1.82, 2.24) is 0 Å². The van der Waals surface area contributed by atoms with Crippen molar-refractivity contribution in [3.05, 3.63) is 199 Å². The van der Waals surface area contributed by atoms with Crippen LogP contribution in [0.25, 0.3) is 71.7 Å². The zero-order valence-corrected chi connectivity index (χ0v) is 31.6. The molecule has 0 N–H and O–H groups in total. The van der Waals surface area contributed by atoms with E-state index in [1.165, 1.54) is 44.8 Å². The first-order chi connectivity index (χ1) is 28.8. The number of rotatable bonds is 4. The van der Waals surface area contributed by atoms with Gasteiger partial charge in [0.2, 0.25) is 0 Å². The summed E-state index contributed by atoms with van der Waals surface area (Å²) in [5.41, 5.74) is 17.8. The van der Waals surface area contributed by atoms with Crippen LogP contribution in [0.4, 0.5) is 22.7 Å². The van der Waals surface area contributed by atoms with E-state index in [9.17, 15) is 0 Å². The van der Waals surface area contributed by atoms with Crippen molar-refractivity contribution in [3.8, 4) is 22.3 Å². The van der Waals surface area contributed by atoms with Gasteiger partial charge in [0.05, 0.1) is 23.1 Å². The molecule has 2 unspecified atom stereocenters. The molecule has 2 atom stereocenters. The molecule has 2 aliphatic carbocycles. The molecule has 0 saturated heterocycles. The maximum atomic E-state index is 7.41. The van der Waals surface area contributed by atoms with Gasteiger partial charge in [-0.25, -0.2) is 0 Å². The summed E-state index contributed by atoms with van der Waals surface area (Å²) in [5, 5.41) is 4.38. The van der Waals surface area contributed by atoms with Gasteiger partial charge in [-0.15, -0.1) is 0 Å². The summed E-state index contributed by atoms with van der Waals surface area (Å²) >= 11 is 0. The standard InChI is InChI=1S/C54H36N2O2/c1-2-13-33(14-3-1)34-27-29-35(30-28-34)55(47-24-11-19-41-38-17-6-9-26-49(38)57-52(41)47)48-25-12-20-42-43-32-31-39-36-15-4-7-22-45(36)56-46-23-8-5-16-37(46)40-18-10-21-44(51(40)56)50(39)54(43)58-53(42)48/h1-6,8-21,23-32,37,46H,7,22H2. The van der Waals surface area contributed by atoms with E-state index >= 15 is 0 Å². The predicted octanol–water partition coefficient (Wildman–Crippen LogP) is 14.8. The monoisotopic (exact) mass is 744 g/mol. The molecule has 0 radical (unpaired) electrons. The van der Waals surface area contributed by atoms with Crippen LogP contribution < -0.4 is 9.80 Å². The molecule has 13 rings (SSSR count). The Morgan fingerprint density at radius 2 is 1.26 bits per heavy atom. The molecule has 0 amide bonds. The Morgan fingerprint density at radius 3 is 2.12 bits per heavy atom. The van der Waals surface area contributed by atoms with E-state index in [4.69, 9.17) is 8.83 Å². The van der Waals surface area contributed by atoms with Crippen LogP contribution in [0.5, 0.6) is 0 Å². The summed E-state index contributed by atoms with van der Waals surface area (Å²) < 4.78 is 14.1. The maximum Gasteiger partial charge on any atom is 0.159 e. The Morgan fingerprint density at radius 1 is 0.552 bits per heavy atom. The van der Waals surface area contributed by atoms with E-state index in [-0.39, 0.29) is 6.04 Å². The molecular formula is C54H36N2O2. The number of nitrogens with zero attached hydrogens (tertiary/aromatic N) is 2. The zero-order chi connectivity index (χ0) is 37.9. The second-order valence-electron chi connectivity index (χ2n) is 15.8. The van der Waals surface area contributed by atoms with Gasteiger partial charge >= 0.3 is 0 Å². The number of furan rings is 2. The molecule has 7 aromatic carbocycles. The number of allylic oxidation sites excluding steroid dienone is 6. The lowest BCUT2D eigenvalue weighted by molar-refractivity contribution is 0.666. The fourth-order valence-electron chi connectivity index (χ4n) is 10.3. The summed E-state index contributed by atoms with van der Waals surface area (Å²) in [6, 6.07) is 52.5. The smallest absolute Gasteiger partial charge is 0.159 e. The van der Waals surface area contributed by atoms with Crippen molar-refractivity contribution < 1.29 is 8.83 Å². The second kappa shape index (κ2) is 12.1. The van der Waals surface area contributed by atoms with Gasteiger partial charge < -0.3 is 18.6 Å². The van der Waals surface area contributed by atoms with Crippen LogP contribution in [-0.2, 0) is 0 Å². The summed E-state index contributed by atoms with van der Waals surface area (Å²) in [4.78, 5) is 4.97. The quantitative estimate of drug-likeness (QED) is 0.180. The number of hydrogen-bond acceptors (Lipinski definition) is 4. The first-order valence-corrected chi connectivity index (χ1v) is 20.3. The van der Waals surface area contributed by atoms with E-state index in [2.05, 4.69) is 186 Å². The highest BCUT2D eigenvalue weighted by molar-refractivity contribution is 6.18. The van der Waals surface area contributed by atoms with E-state index in [0.717, 1.165) is 79.3 Å². The molecule has 4 aliphatic rings. The summed E-state index contributed by atoms with van der Waals surface area (Å²) in [7, 11) is 0. The average molecular weight is 745 g/mol. The summed E-state index contributed by atoms with van der Waals surface area (Å²) in [6.07, 6.45) is 15.9. The highest BCUT2D eigenvalue weighted by Crippen LogP contribution is 2.57. The normalized spacial score (nSPS) is 17.6.